The first kappa shape index (κ1) is 19.0. The third-order valence-corrected chi connectivity index (χ3v) is 4.87. The summed E-state index contributed by atoms with van der Waals surface area (Å²) in [4.78, 5) is 22.9. The molecule has 1 aliphatic rings. The molecule has 0 saturated carbocycles. The number of hydrogen-bond donors (Lipinski definition) is 0. The first-order chi connectivity index (χ1) is 10.3. The lowest BCUT2D eigenvalue weighted by molar-refractivity contribution is -0.207. The Morgan fingerprint density at radius 3 is 2.14 bits per heavy atom. The van der Waals surface area contributed by atoms with Crippen LogP contribution in [0, 0.1) is 5.92 Å². The maximum absolute atomic E-state index is 11.4. The molecule has 0 aromatic rings. The van der Waals surface area contributed by atoms with Crippen molar-refractivity contribution >= 4 is 23.7 Å². The molecule has 0 radical (unpaired) electrons. The van der Waals surface area contributed by atoms with Gasteiger partial charge in [-0.3, -0.25) is 9.59 Å². The summed E-state index contributed by atoms with van der Waals surface area (Å²) >= 11 is 1.52. The molecule has 0 spiro atoms. The van der Waals surface area contributed by atoms with Gasteiger partial charge >= 0.3 is 11.9 Å². The zero-order chi connectivity index (χ0) is 16.9. The van der Waals surface area contributed by atoms with Crippen molar-refractivity contribution in [3.8, 4) is 0 Å². The highest BCUT2D eigenvalue weighted by atomic mass is 32.2. The van der Waals surface area contributed by atoms with Crippen LogP contribution in [0.3, 0.4) is 0 Å². The van der Waals surface area contributed by atoms with E-state index in [1.807, 2.05) is 20.8 Å². The van der Waals surface area contributed by atoms with E-state index < -0.39 is 18.2 Å². The highest BCUT2D eigenvalue weighted by Gasteiger charge is 2.47. The van der Waals surface area contributed by atoms with E-state index in [2.05, 4.69) is 6.58 Å². The molecule has 22 heavy (non-hydrogen) atoms. The van der Waals surface area contributed by atoms with Crippen molar-refractivity contribution in [3.63, 3.8) is 0 Å². The van der Waals surface area contributed by atoms with Gasteiger partial charge < -0.3 is 14.2 Å². The Kier molecular flexibility index (Phi) is 7.42. The molecule has 0 N–H and O–H groups in total. The van der Waals surface area contributed by atoms with Crippen LogP contribution in [0.15, 0.2) is 12.2 Å². The molecule has 126 valence electrons. The molecule has 1 unspecified atom stereocenters. The highest BCUT2D eigenvalue weighted by molar-refractivity contribution is 8.00. The van der Waals surface area contributed by atoms with Crippen molar-refractivity contribution in [3.05, 3.63) is 12.2 Å². The van der Waals surface area contributed by atoms with Gasteiger partial charge in [0.05, 0.1) is 6.10 Å². The summed E-state index contributed by atoms with van der Waals surface area (Å²) in [7, 11) is 0. The lowest BCUT2D eigenvalue weighted by Gasteiger charge is -2.44. The predicted octanol–water partition coefficient (Wildman–Crippen LogP) is 2.93. The fraction of sp³-hybridized carbons (Fsp3) is 0.750. The molecule has 5 nitrogen and oxygen atoms in total. The molecule has 0 amide bonds. The van der Waals surface area contributed by atoms with Crippen LogP contribution in [0.5, 0.6) is 0 Å². The van der Waals surface area contributed by atoms with Crippen LogP contribution < -0.4 is 0 Å². The minimum atomic E-state index is -0.608. The Morgan fingerprint density at radius 2 is 1.68 bits per heavy atom. The molecule has 1 rings (SSSR count). The minimum absolute atomic E-state index is 0.0417. The van der Waals surface area contributed by atoms with Crippen LogP contribution in [0.1, 0.15) is 41.0 Å². The molecule has 1 heterocycles. The third kappa shape index (κ3) is 5.32. The molecule has 0 aromatic heterocycles. The maximum atomic E-state index is 11.4. The van der Waals surface area contributed by atoms with Crippen molar-refractivity contribution < 1.29 is 23.8 Å². The van der Waals surface area contributed by atoms with Crippen molar-refractivity contribution in [1.29, 1.82) is 0 Å². The van der Waals surface area contributed by atoms with E-state index >= 15 is 0 Å². The van der Waals surface area contributed by atoms with Crippen molar-refractivity contribution in [2.75, 3.05) is 5.75 Å². The van der Waals surface area contributed by atoms with Gasteiger partial charge in [0.15, 0.2) is 6.10 Å². The monoisotopic (exact) mass is 330 g/mol. The van der Waals surface area contributed by atoms with Crippen LogP contribution in [0.25, 0.3) is 0 Å². The summed E-state index contributed by atoms with van der Waals surface area (Å²) in [5, 5.41) is 0. The summed E-state index contributed by atoms with van der Waals surface area (Å²) in [6.07, 6.45) is -0.347. The van der Waals surface area contributed by atoms with Crippen LogP contribution in [0.4, 0.5) is 0 Å². The standard InChI is InChI=1S/C16H26O5S/c1-7-13-10(4)14(19-11(5)17)15(20-12(6)18)16(21-13)22-8-9(2)3/h10,13-16H,2,7-8H2,1,3-6H3/t10-,13-,14+,15-,16?/m1/s1. The molecule has 1 saturated heterocycles. The SMILES string of the molecule is C=C(C)CSC1O[C@H](CC)[C@@H](C)[C@H](OC(C)=O)[C@H]1OC(C)=O. The molecule has 1 fully saturated rings. The first-order valence-corrected chi connectivity index (χ1v) is 8.57. The van der Waals surface area contributed by atoms with Crippen LogP contribution in [-0.4, -0.2) is 41.4 Å². The number of carbonyl (C=O) groups excluding carboxylic acids is 2. The maximum Gasteiger partial charge on any atom is 0.303 e. The molecular weight excluding hydrogens is 304 g/mol. The fourth-order valence-electron chi connectivity index (χ4n) is 2.55. The van der Waals surface area contributed by atoms with Gasteiger partial charge in [-0.2, -0.15) is 0 Å². The second-order valence-corrected chi connectivity index (χ2v) is 6.81. The summed E-state index contributed by atoms with van der Waals surface area (Å²) in [5.41, 5.74) is 0.636. The van der Waals surface area contributed by atoms with Crippen molar-refractivity contribution in [2.24, 2.45) is 5.92 Å². The van der Waals surface area contributed by atoms with Gasteiger partial charge in [-0.25, -0.2) is 0 Å². The number of carbonyl (C=O) groups is 2. The van der Waals surface area contributed by atoms with E-state index in [1.165, 1.54) is 25.6 Å². The minimum Gasteiger partial charge on any atom is -0.458 e. The van der Waals surface area contributed by atoms with Crippen molar-refractivity contribution in [1.82, 2.24) is 0 Å². The summed E-state index contributed by atoms with van der Waals surface area (Å²) in [6.45, 7) is 12.5. The van der Waals surface area contributed by atoms with Gasteiger partial charge in [0.1, 0.15) is 11.5 Å². The quantitative estimate of drug-likeness (QED) is 0.551. The van der Waals surface area contributed by atoms with E-state index in [0.717, 1.165) is 12.0 Å². The highest BCUT2D eigenvalue weighted by Crippen LogP contribution is 2.36. The predicted molar refractivity (Wildman–Crippen MR) is 86.5 cm³/mol. The third-order valence-electron chi connectivity index (χ3n) is 3.51. The van der Waals surface area contributed by atoms with E-state index in [4.69, 9.17) is 14.2 Å². The number of thioether (sulfide) groups is 1. The Bertz CT molecular complexity index is 423. The Balaban J connectivity index is 3.00. The fourth-order valence-corrected chi connectivity index (χ4v) is 3.62. The number of rotatable bonds is 6. The lowest BCUT2D eigenvalue weighted by atomic mass is 9.89. The van der Waals surface area contributed by atoms with E-state index in [-0.39, 0.29) is 23.4 Å². The Hall–Kier alpha value is -1.01. The van der Waals surface area contributed by atoms with Gasteiger partial charge in [0, 0.05) is 25.5 Å². The average Bonchev–Trinajstić information content (AvgIpc) is 2.41. The van der Waals surface area contributed by atoms with Gasteiger partial charge in [-0.15, -0.1) is 11.8 Å². The summed E-state index contributed by atoms with van der Waals surface area (Å²) in [6, 6.07) is 0. The second kappa shape index (κ2) is 8.58. The van der Waals surface area contributed by atoms with Gasteiger partial charge in [0.2, 0.25) is 0 Å². The van der Waals surface area contributed by atoms with Crippen molar-refractivity contribution in [2.45, 2.75) is 64.8 Å². The molecule has 0 aliphatic carbocycles. The Labute approximate surface area is 136 Å². The number of hydrogen-bond acceptors (Lipinski definition) is 6. The largest absolute Gasteiger partial charge is 0.458 e. The molecule has 1 aliphatic heterocycles. The molecule has 0 bridgehead atoms. The van der Waals surface area contributed by atoms with Gasteiger partial charge in [-0.05, 0) is 13.3 Å². The average molecular weight is 330 g/mol. The van der Waals surface area contributed by atoms with Crippen LogP contribution in [-0.2, 0) is 23.8 Å². The normalized spacial score (nSPS) is 31.4. The number of esters is 2. The lowest BCUT2D eigenvalue weighted by Crippen LogP contribution is -2.55. The van der Waals surface area contributed by atoms with Crippen LogP contribution >= 0.6 is 11.8 Å². The smallest absolute Gasteiger partial charge is 0.303 e. The molecule has 0 aromatic carbocycles. The Morgan fingerprint density at radius 1 is 1.14 bits per heavy atom. The molecule has 6 heteroatoms. The summed E-state index contributed by atoms with van der Waals surface area (Å²) in [5.74, 6) is -0.136. The van der Waals surface area contributed by atoms with Gasteiger partial charge in [-0.1, -0.05) is 26.0 Å². The van der Waals surface area contributed by atoms with Gasteiger partial charge in [0.25, 0.3) is 0 Å². The van der Waals surface area contributed by atoms with Crippen LogP contribution in [0.2, 0.25) is 0 Å². The zero-order valence-corrected chi connectivity index (χ0v) is 14.8. The van der Waals surface area contributed by atoms with E-state index in [9.17, 15) is 9.59 Å². The second-order valence-electron chi connectivity index (χ2n) is 5.73. The molecule has 5 atom stereocenters. The van der Waals surface area contributed by atoms with E-state index in [1.54, 1.807) is 0 Å². The molecular formula is C16H26O5S. The zero-order valence-electron chi connectivity index (χ0n) is 14.0. The number of ether oxygens (including phenoxy) is 3. The topological polar surface area (TPSA) is 61.8 Å². The first-order valence-electron chi connectivity index (χ1n) is 7.52. The summed E-state index contributed by atoms with van der Waals surface area (Å²) < 4.78 is 17.0. The van der Waals surface area contributed by atoms with E-state index in [0.29, 0.717) is 5.75 Å².